The molecule has 2 unspecified atom stereocenters. The maximum Gasteiger partial charge on any atom is 0.308 e. The van der Waals surface area contributed by atoms with Gasteiger partial charge < -0.3 is 14.9 Å². The van der Waals surface area contributed by atoms with Gasteiger partial charge in [-0.2, -0.15) is 0 Å². The van der Waals surface area contributed by atoms with Gasteiger partial charge in [0.05, 0.1) is 18.9 Å². The van der Waals surface area contributed by atoms with Crippen LogP contribution in [0.3, 0.4) is 0 Å². The molecular formula is C20H38O5. The summed E-state index contributed by atoms with van der Waals surface area (Å²) in [6.07, 6.45) is 11.4. The molecule has 0 aliphatic carbocycles. The van der Waals surface area contributed by atoms with E-state index < -0.39 is 24.1 Å². The molecule has 5 heteroatoms. The number of esters is 1. The molecule has 0 fully saturated rings. The quantitative estimate of drug-likeness (QED) is 0.287. The Bertz CT molecular complexity index is 343. The minimum Gasteiger partial charge on any atom is -0.481 e. The maximum atomic E-state index is 11.8. The van der Waals surface area contributed by atoms with Crippen molar-refractivity contribution in [1.29, 1.82) is 0 Å². The third-order valence-electron chi connectivity index (χ3n) is 4.35. The number of carboxylic acid groups (broad SMARTS) is 1. The van der Waals surface area contributed by atoms with E-state index >= 15 is 0 Å². The van der Waals surface area contributed by atoms with Crippen LogP contribution < -0.4 is 0 Å². The molecule has 148 valence electrons. The largest absolute Gasteiger partial charge is 0.481 e. The summed E-state index contributed by atoms with van der Waals surface area (Å²) < 4.78 is 5.18. The molecule has 0 amide bonds. The van der Waals surface area contributed by atoms with E-state index in [-0.39, 0.29) is 12.8 Å². The van der Waals surface area contributed by atoms with E-state index in [0.29, 0.717) is 12.8 Å². The maximum absolute atomic E-state index is 11.8. The standard InChI is InChI=1S/C20H38O5/c1-3-5-6-7-8-9-10-11-12-14-17(21)15-20(24)25-18(13-4-2)16-19(22)23/h17-18,21H,3-16H2,1-2H3,(H,22,23). The predicted octanol–water partition coefficient (Wildman–Crippen LogP) is 4.84. The fourth-order valence-electron chi connectivity index (χ4n) is 2.94. The zero-order valence-corrected chi connectivity index (χ0v) is 16.2. The van der Waals surface area contributed by atoms with Crippen molar-refractivity contribution < 1.29 is 24.5 Å². The van der Waals surface area contributed by atoms with Gasteiger partial charge in [-0.1, -0.05) is 78.1 Å². The van der Waals surface area contributed by atoms with E-state index in [2.05, 4.69) is 6.92 Å². The van der Waals surface area contributed by atoms with Crippen LogP contribution in [0.5, 0.6) is 0 Å². The van der Waals surface area contributed by atoms with E-state index in [1.54, 1.807) is 0 Å². The molecule has 0 bridgehead atoms. The second-order valence-electron chi connectivity index (χ2n) is 6.97. The van der Waals surface area contributed by atoms with Gasteiger partial charge in [0.25, 0.3) is 0 Å². The number of hydrogen-bond donors (Lipinski definition) is 2. The highest BCUT2D eigenvalue weighted by Crippen LogP contribution is 2.14. The van der Waals surface area contributed by atoms with E-state index in [4.69, 9.17) is 9.84 Å². The third-order valence-corrected chi connectivity index (χ3v) is 4.35. The Balaban J connectivity index is 3.70. The summed E-state index contributed by atoms with van der Waals surface area (Å²) >= 11 is 0. The molecule has 0 aliphatic rings. The van der Waals surface area contributed by atoms with Crippen molar-refractivity contribution >= 4 is 11.9 Å². The molecule has 0 saturated carbocycles. The molecule has 0 heterocycles. The first-order valence-corrected chi connectivity index (χ1v) is 10.1. The molecule has 0 aromatic carbocycles. The lowest BCUT2D eigenvalue weighted by Gasteiger charge is -2.17. The summed E-state index contributed by atoms with van der Waals surface area (Å²) in [4.78, 5) is 22.6. The van der Waals surface area contributed by atoms with Crippen molar-refractivity contribution in [2.45, 2.75) is 116 Å². The average Bonchev–Trinajstić information content (AvgIpc) is 2.52. The topological polar surface area (TPSA) is 83.8 Å². The normalized spacial score (nSPS) is 13.4. The SMILES string of the molecule is CCCCCCCCCCCC(O)CC(=O)OC(CCC)CC(=O)O. The summed E-state index contributed by atoms with van der Waals surface area (Å²) in [7, 11) is 0. The minimum atomic E-state index is -0.971. The lowest BCUT2D eigenvalue weighted by Crippen LogP contribution is -2.24. The van der Waals surface area contributed by atoms with Crippen molar-refractivity contribution in [1.82, 2.24) is 0 Å². The second kappa shape index (κ2) is 16.4. The van der Waals surface area contributed by atoms with Gasteiger partial charge in [-0.3, -0.25) is 9.59 Å². The van der Waals surface area contributed by atoms with Gasteiger partial charge in [0.2, 0.25) is 0 Å². The van der Waals surface area contributed by atoms with Gasteiger partial charge in [0, 0.05) is 0 Å². The molecule has 0 spiro atoms. The molecule has 0 aromatic heterocycles. The monoisotopic (exact) mass is 358 g/mol. The Morgan fingerprint density at radius 1 is 0.800 bits per heavy atom. The predicted molar refractivity (Wildman–Crippen MR) is 99.5 cm³/mol. The number of carbonyl (C=O) groups excluding carboxylic acids is 1. The van der Waals surface area contributed by atoms with E-state index in [1.807, 2.05) is 6.92 Å². The number of hydrogen-bond acceptors (Lipinski definition) is 4. The second-order valence-corrected chi connectivity index (χ2v) is 6.97. The highest BCUT2D eigenvalue weighted by molar-refractivity contribution is 5.71. The lowest BCUT2D eigenvalue weighted by molar-refractivity contribution is -0.155. The summed E-state index contributed by atoms with van der Waals surface area (Å²) in [5.74, 6) is -1.47. The highest BCUT2D eigenvalue weighted by Gasteiger charge is 2.19. The van der Waals surface area contributed by atoms with Crippen LogP contribution >= 0.6 is 0 Å². The minimum absolute atomic E-state index is 0.0448. The molecule has 25 heavy (non-hydrogen) atoms. The molecule has 2 N–H and O–H groups in total. The summed E-state index contributed by atoms with van der Waals surface area (Å²) in [5, 5.41) is 18.7. The van der Waals surface area contributed by atoms with Crippen LogP contribution in [0, 0.1) is 0 Å². The Morgan fingerprint density at radius 3 is 1.88 bits per heavy atom. The van der Waals surface area contributed by atoms with Crippen LogP contribution in [0.15, 0.2) is 0 Å². The first kappa shape index (κ1) is 23.9. The van der Waals surface area contributed by atoms with Crippen molar-refractivity contribution in [3.8, 4) is 0 Å². The number of aliphatic hydroxyl groups is 1. The van der Waals surface area contributed by atoms with E-state index in [9.17, 15) is 14.7 Å². The summed E-state index contributed by atoms with van der Waals surface area (Å²) in [6, 6.07) is 0. The molecule has 0 saturated heterocycles. The van der Waals surface area contributed by atoms with E-state index in [0.717, 1.165) is 19.3 Å². The third kappa shape index (κ3) is 16.1. The molecule has 0 radical (unpaired) electrons. The van der Waals surface area contributed by atoms with Crippen LogP contribution in [0.1, 0.15) is 104 Å². The zero-order chi connectivity index (χ0) is 18.9. The Labute approximate surface area is 153 Å². The van der Waals surface area contributed by atoms with Crippen LogP contribution in [0.2, 0.25) is 0 Å². The van der Waals surface area contributed by atoms with Crippen LogP contribution in [0.25, 0.3) is 0 Å². The van der Waals surface area contributed by atoms with Gasteiger partial charge in [-0.25, -0.2) is 0 Å². The van der Waals surface area contributed by atoms with Crippen LogP contribution in [0.4, 0.5) is 0 Å². The Morgan fingerprint density at radius 2 is 1.36 bits per heavy atom. The van der Waals surface area contributed by atoms with Gasteiger partial charge in [-0.15, -0.1) is 0 Å². The smallest absolute Gasteiger partial charge is 0.308 e. The summed E-state index contributed by atoms with van der Waals surface area (Å²) in [6.45, 7) is 4.14. The van der Waals surface area contributed by atoms with Crippen molar-refractivity contribution in [2.75, 3.05) is 0 Å². The van der Waals surface area contributed by atoms with Crippen molar-refractivity contribution in [3.63, 3.8) is 0 Å². The number of unbranched alkanes of at least 4 members (excludes halogenated alkanes) is 8. The van der Waals surface area contributed by atoms with Gasteiger partial charge in [-0.05, 0) is 12.8 Å². The number of carbonyl (C=O) groups is 2. The summed E-state index contributed by atoms with van der Waals surface area (Å²) in [5.41, 5.74) is 0. The molecule has 0 rings (SSSR count). The van der Waals surface area contributed by atoms with Crippen molar-refractivity contribution in [2.24, 2.45) is 0 Å². The van der Waals surface area contributed by atoms with Gasteiger partial charge in [0.1, 0.15) is 6.10 Å². The molecule has 5 nitrogen and oxygen atoms in total. The molecule has 0 aliphatic heterocycles. The Hall–Kier alpha value is -1.10. The van der Waals surface area contributed by atoms with Crippen LogP contribution in [-0.2, 0) is 14.3 Å². The molecular weight excluding hydrogens is 320 g/mol. The fraction of sp³-hybridized carbons (Fsp3) is 0.900. The fourth-order valence-corrected chi connectivity index (χ4v) is 2.94. The number of carboxylic acids is 1. The van der Waals surface area contributed by atoms with Crippen LogP contribution in [-0.4, -0.2) is 34.4 Å². The first-order chi connectivity index (χ1) is 12.0. The number of rotatable bonds is 17. The first-order valence-electron chi connectivity index (χ1n) is 10.1. The number of aliphatic hydroxyl groups excluding tert-OH is 1. The van der Waals surface area contributed by atoms with E-state index in [1.165, 1.54) is 44.9 Å². The van der Waals surface area contributed by atoms with Gasteiger partial charge >= 0.3 is 11.9 Å². The number of aliphatic carboxylic acids is 1. The highest BCUT2D eigenvalue weighted by atomic mass is 16.5. The van der Waals surface area contributed by atoms with Gasteiger partial charge in [0.15, 0.2) is 0 Å². The average molecular weight is 359 g/mol. The Kier molecular flexibility index (Phi) is 15.7. The van der Waals surface area contributed by atoms with Crippen molar-refractivity contribution in [3.05, 3.63) is 0 Å². The molecule has 0 aromatic rings. The zero-order valence-electron chi connectivity index (χ0n) is 16.2. The number of ether oxygens (including phenoxy) is 1. The molecule has 2 atom stereocenters. The lowest BCUT2D eigenvalue weighted by atomic mass is 10.0.